The van der Waals surface area contributed by atoms with Crippen molar-refractivity contribution in [3.63, 3.8) is 0 Å². The van der Waals surface area contributed by atoms with Gasteiger partial charge in [0, 0.05) is 10.6 Å². The van der Waals surface area contributed by atoms with Crippen LogP contribution in [0.3, 0.4) is 0 Å². The van der Waals surface area contributed by atoms with Crippen LogP contribution in [0, 0.1) is 0 Å². The highest BCUT2D eigenvalue weighted by atomic mass is 35.5. The van der Waals surface area contributed by atoms with Crippen LogP contribution in [-0.4, -0.2) is 29.0 Å². The van der Waals surface area contributed by atoms with Crippen molar-refractivity contribution in [3.8, 4) is 17.2 Å². The first-order valence-electron chi connectivity index (χ1n) is 7.41. The number of hydrogen-bond donors (Lipinski definition) is 1. The van der Waals surface area contributed by atoms with E-state index in [0.717, 1.165) is 17.3 Å². The number of amides is 1. The minimum atomic E-state index is -0.250. The van der Waals surface area contributed by atoms with Crippen molar-refractivity contribution >= 4 is 46.6 Å². The lowest BCUT2D eigenvalue weighted by Gasteiger charge is -2.06. The van der Waals surface area contributed by atoms with Crippen LogP contribution in [0.15, 0.2) is 52.1 Å². The van der Waals surface area contributed by atoms with Crippen LogP contribution in [0.2, 0.25) is 10.0 Å². The average Bonchev–Trinajstić information content (AvgIpc) is 3.11. The Morgan fingerprint density at radius 3 is 2.85 bits per heavy atom. The minimum Gasteiger partial charge on any atom is -0.497 e. The number of nitrogens with zero attached hydrogens (tertiary/aromatic N) is 2. The molecule has 3 aromatic rings. The largest absolute Gasteiger partial charge is 0.497 e. The fraction of sp³-hybridized carbons (Fsp3) is 0.118. The van der Waals surface area contributed by atoms with Crippen molar-refractivity contribution in [1.29, 1.82) is 0 Å². The normalized spacial score (nSPS) is 10.6. The quantitative estimate of drug-likeness (QED) is 0.590. The molecule has 0 fully saturated rings. The van der Waals surface area contributed by atoms with Crippen LogP contribution in [0.25, 0.3) is 11.5 Å². The van der Waals surface area contributed by atoms with Crippen LogP contribution >= 0.6 is 35.0 Å². The zero-order valence-corrected chi connectivity index (χ0v) is 15.9. The molecule has 0 aliphatic heterocycles. The van der Waals surface area contributed by atoms with Crippen LogP contribution in [0.4, 0.5) is 5.69 Å². The number of carbonyl (C=O) groups is 1. The first kappa shape index (κ1) is 18.6. The first-order valence-corrected chi connectivity index (χ1v) is 9.15. The lowest BCUT2D eigenvalue weighted by molar-refractivity contribution is -0.113. The van der Waals surface area contributed by atoms with Gasteiger partial charge in [-0.05, 0) is 36.4 Å². The number of methoxy groups -OCH3 is 1. The van der Waals surface area contributed by atoms with Crippen LogP contribution < -0.4 is 10.1 Å². The average molecular weight is 410 g/mol. The third kappa shape index (κ3) is 4.69. The second-order valence-corrected chi connectivity index (χ2v) is 6.84. The summed E-state index contributed by atoms with van der Waals surface area (Å²) < 4.78 is 10.7. The van der Waals surface area contributed by atoms with Gasteiger partial charge in [0.2, 0.25) is 11.8 Å². The Morgan fingerprint density at radius 2 is 2.08 bits per heavy atom. The summed E-state index contributed by atoms with van der Waals surface area (Å²) >= 11 is 13.0. The van der Waals surface area contributed by atoms with Crippen molar-refractivity contribution in [3.05, 3.63) is 52.5 Å². The topological polar surface area (TPSA) is 77.2 Å². The second-order valence-electron chi connectivity index (χ2n) is 5.07. The summed E-state index contributed by atoms with van der Waals surface area (Å²) in [5, 5.41) is 11.8. The number of ether oxygens (including phenoxy) is 1. The van der Waals surface area contributed by atoms with Crippen molar-refractivity contribution in [2.24, 2.45) is 0 Å². The van der Waals surface area contributed by atoms with Gasteiger partial charge in [0.15, 0.2) is 0 Å². The fourth-order valence-corrected chi connectivity index (χ4v) is 3.06. The summed E-state index contributed by atoms with van der Waals surface area (Å²) in [7, 11) is 1.58. The lowest BCUT2D eigenvalue weighted by Crippen LogP contribution is -2.14. The van der Waals surface area contributed by atoms with Gasteiger partial charge in [-0.2, -0.15) is 0 Å². The number of anilines is 1. The van der Waals surface area contributed by atoms with E-state index >= 15 is 0 Å². The molecular weight excluding hydrogens is 397 g/mol. The van der Waals surface area contributed by atoms with Gasteiger partial charge < -0.3 is 14.5 Å². The van der Waals surface area contributed by atoms with Crippen molar-refractivity contribution < 1.29 is 13.9 Å². The molecule has 0 bridgehead atoms. The van der Waals surface area contributed by atoms with E-state index in [4.69, 9.17) is 32.4 Å². The van der Waals surface area contributed by atoms with Gasteiger partial charge in [-0.3, -0.25) is 4.79 Å². The third-order valence-corrected chi connectivity index (χ3v) is 4.62. The molecule has 1 amide bonds. The summed E-state index contributed by atoms with van der Waals surface area (Å²) in [5.41, 5.74) is 1.23. The van der Waals surface area contributed by atoms with Crippen molar-refractivity contribution in [2.75, 3.05) is 18.2 Å². The van der Waals surface area contributed by atoms with Gasteiger partial charge in [-0.1, -0.05) is 41.0 Å². The zero-order chi connectivity index (χ0) is 18.5. The smallest absolute Gasteiger partial charge is 0.277 e. The highest BCUT2D eigenvalue weighted by Crippen LogP contribution is 2.27. The molecule has 0 saturated carbocycles. The number of benzene rings is 2. The van der Waals surface area contributed by atoms with E-state index in [1.807, 2.05) is 18.2 Å². The predicted molar refractivity (Wildman–Crippen MR) is 102 cm³/mol. The van der Waals surface area contributed by atoms with E-state index < -0.39 is 0 Å². The predicted octanol–water partition coefficient (Wildman–Crippen LogP) is 4.78. The maximum Gasteiger partial charge on any atom is 0.277 e. The van der Waals surface area contributed by atoms with Crippen molar-refractivity contribution in [1.82, 2.24) is 10.2 Å². The highest BCUT2D eigenvalue weighted by molar-refractivity contribution is 7.99. The Hall–Kier alpha value is -2.22. The summed E-state index contributed by atoms with van der Waals surface area (Å²) in [6.45, 7) is 0. The molecule has 0 aliphatic rings. The molecule has 26 heavy (non-hydrogen) atoms. The number of hydrogen-bond acceptors (Lipinski definition) is 6. The van der Waals surface area contributed by atoms with Gasteiger partial charge in [0.25, 0.3) is 5.22 Å². The van der Waals surface area contributed by atoms with Gasteiger partial charge in [0.1, 0.15) is 5.75 Å². The number of aromatic nitrogens is 2. The van der Waals surface area contributed by atoms with Gasteiger partial charge >= 0.3 is 0 Å². The monoisotopic (exact) mass is 409 g/mol. The third-order valence-electron chi connectivity index (χ3n) is 3.26. The molecule has 0 atom stereocenters. The summed E-state index contributed by atoms with van der Waals surface area (Å²) in [6.07, 6.45) is 0. The van der Waals surface area contributed by atoms with E-state index in [2.05, 4.69) is 15.5 Å². The molecule has 1 heterocycles. The maximum absolute atomic E-state index is 12.1. The summed E-state index contributed by atoms with van der Waals surface area (Å²) in [5.74, 6) is 0.889. The van der Waals surface area contributed by atoms with Gasteiger partial charge in [-0.15, -0.1) is 10.2 Å². The number of thioether (sulfide) groups is 1. The molecule has 6 nitrogen and oxygen atoms in total. The number of nitrogens with one attached hydrogen (secondary N) is 1. The van der Waals surface area contributed by atoms with Crippen LogP contribution in [-0.2, 0) is 4.79 Å². The molecule has 0 saturated heterocycles. The van der Waals surface area contributed by atoms with E-state index in [9.17, 15) is 4.79 Å². The molecule has 0 spiro atoms. The first-order chi connectivity index (χ1) is 12.5. The highest BCUT2D eigenvalue weighted by Gasteiger charge is 2.13. The number of halogens is 2. The Kier molecular flexibility index (Phi) is 6.03. The van der Waals surface area contributed by atoms with E-state index in [1.165, 1.54) is 0 Å². The van der Waals surface area contributed by atoms with Crippen molar-refractivity contribution in [2.45, 2.75) is 5.22 Å². The Labute approximate surface area is 163 Å². The van der Waals surface area contributed by atoms with Gasteiger partial charge in [0.05, 0.1) is 23.6 Å². The maximum atomic E-state index is 12.1. The molecule has 1 aromatic heterocycles. The molecule has 0 radical (unpaired) electrons. The van der Waals surface area contributed by atoms with E-state index in [1.54, 1.807) is 31.4 Å². The minimum absolute atomic E-state index is 0.0959. The second kappa shape index (κ2) is 8.44. The zero-order valence-electron chi connectivity index (χ0n) is 13.5. The molecule has 1 N–H and O–H groups in total. The summed E-state index contributed by atoms with van der Waals surface area (Å²) in [4.78, 5) is 12.1. The van der Waals surface area contributed by atoms with E-state index in [0.29, 0.717) is 32.6 Å². The van der Waals surface area contributed by atoms with Gasteiger partial charge in [-0.25, -0.2) is 0 Å². The fourth-order valence-electron chi connectivity index (χ4n) is 2.05. The number of carbonyl (C=O) groups excluding carboxylic acids is 1. The Bertz CT molecular complexity index is 933. The molecule has 134 valence electrons. The molecule has 0 aliphatic carbocycles. The van der Waals surface area contributed by atoms with E-state index in [-0.39, 0.29) is 11.7 Å². The standard InChI is InChI=1S/C17H13Cl2N3O3S/c1-24-12-4-2-3-10(7-12)16-21-22-17(25-16)26-9-15(23)20-14-6-5-11(18)8-13(14)19/h2-8H,9H2,1H3,(H,20,23). The lowest BCUT2D eigenvalue weighted by atomic mass is 10.2. The Morgan fingerprint density at radius 1 is 1.23 bits per heavy atom. The SMILES string of the molecule is COc1cccc(-c2nnc(SCC(=O)Nc3ccc(Cl)cc3Cl)o2)c1. The summed E-state index contributed by atoms with van der Waals surface area (Å²) in [6, 6.07) is 12.1. The number of rotatable bonds is 6. The molecular formula is C17H13Cl2N3O3S. The molecule has 9 heteroatoms. The molecule has 2 aromatic carbocycles. The van der Waals surface area contributed by atoms with Crippen LogP contribution in [0.1, 0.15) is 0 Å². The molecule has 3 rings (SSSR count). The molecule has 0 unspecified atom stereocenters. The van der Waals surface area contributed by atoms with Crippen LogP contribution in [0.5, 0.6) is 5.75 Å². The Balaban J connectivity index is 1.60.